The quantitative estimate of drug-likeness (QED) is 0.768. The molecule has 2 aromatic rings. The molecule has 0 saturated heterocycles. The number of aromatic nitrogens is 2. The summed E-state index contributed by atoms with van der Waals surface area (Å²) in [6.07, 6.45) is 5.84. The first-order valence-electron chi connectivity index (χ1n) is 5.27. The van der Waals surface area contributed by atoms with E-state index in [9.17, 15) is 0 Å². The highest BCUT2D eigenvalue weighted by Gasteiger charge is 2.38. The molecule has 0 atom stereocenters. The lowest BCUT2D eigenvalue weighted by molar-refractivity contribution is 0.850. The van der Waals surface area contributed by atoms with Gasteiger partial charge < -0.3 is 0 Å². The average molecular weight is 258 g/mol. The third-order valence-electron chi connectivity index (χ3n) is 2.63. The molecule has 0 bridgehead atoms. The van der Waals surface area contributed by atoms with Crippen LogP contribution in [0.4, 0.5) is 0 Å². The third-order valence-corrected chi connectivity index (χ3v) is 5.20. The van der Waals surface area contributed by atoms with E-state index in [1.165, 1.54) is 0 Å². The van der Waals surface area contributed by atoms with Crippen LogP contribution in [0.15, 0.2) is 60.3 Å². The van der Waals surface area contributed by atoms with E-state index in [0.717, 1.165) is 11.4 Å². The minimum atomic E-state index is -0.243. The molecule has 0 fully saturated rings. The Kier molecular flexibility index (Phi) is 2.91. The summed E-state index contributed by atoms with van der Waals surface area (Å²) >= 11 is 0. The van der Waals surface area contributed by atoms with E-state index >= 15 is 0 Å². The topological polar surface area (TPSA) is 25.8 Å². The molecule has 17 heavy (non-hydrogen) atoms. The van der Waals surface area contributed by atoms with Crippen molar-refractivity contribution < 1.29 is 0 Å². The second kappa shape index (κ2) is 4.55. The largest absolute Gasteiger partial charge is 0.259 e. The van der Waals surface area contributed by atoms with Gasteiger partial charge in [-0.3, -0.25) is 9.97 Å². The Balaban J connectivity index is 2.15. The lowest BCUT2D eigenvalue weighted by Gasteiger charge is -2.24. The molecule has 0 unspecified atom stereocenters. The van der Waals surface area contributed by atoms with Gasteiger partial charge in [-0.05, 0) is 35.7 Å². The monoisotopic (exact) mass is 258 g/mol. The van der Waals surface area contributed by atoms with Crippen molar-refractivity contribution in [2.24, 2.45) is 0 Å². The maximum atomic E-state index is 4.48. The zero-order valence-electron chi connectivity index (χ0n) is 8.98. The van der Waals surface area contributed by atoms with Gasteiger partial charge in [0.2, 0.25) is 0 Å². The number of hydrogen-bond donors (Lipinski definition) is 0. The van der Waals surface area contributed by atoms with Gasteiger partial charge in [0.15, 0.2) is 0 Å². The zero-order chi connectivity index (χ0) is 11.6. The SMILES string of the molecule is C1=CC(c2ccccn2)(c2ccccn2)SS1. The van der Waals surface area contributed by atoms with Crippen molar-refractivity contribution in [3.05, 3.63) is 71.7 Å². The summed E-state index contributed by atoms with van der Waals surface area (Å²) in [5.74, 6) is 0. The van der Waals surface area contributed by atoms with Gasteiger partial charge in [-0.25, -0.2) is 0 Å². The molecule has 1 aliphatic heterocycles. The third kappa shape index (κ3) is 1.87. The number of hydrogen-bond acceptors (Lipinski definition) is 4. The highest BCUT2D eigenvalue weighted by molar-refractivity contribution is 8.78. The van der Waals surface area contributed by atoms with Crippen LogP contribution in [0.25, 0.3) is 0 Å². The molecule has 3 rings (SSSR count). The summed E-state index contributed by atoms with van der Waals surface area (Å²) < 4.78 is -0.243. The molecule has 2 aromatic heterocycles. The molecule has 0 radical (unpaired) electrons. The van der Waals surface area contributed by atoms with Crippen LogP contribution in [0.2, 0.25) is 0 Å². The highest BCUT2D eigenvalue weighted by Crippen LogP contribution is 2.53. The van der Waals surface area contributed by atoms with Crippen LogP contribution in [-0.2, 0) is 4.75 Å². The van der Waals surface area contributed by atoms with E-state index in [0.29, 0.717) is 0 Å². The second-order valence-electron chi connectivity index (χ2n) is 3.65. The number of rotatable bonds is 2. The van der Waals surface area contributed by atoms with Crippen molar-refractivity contribution in [2.45, 2.75) is 4.75 Å². The van der Waals surface area contributed by atoms with Gasteiger partial charge in [0, 0.05) is 12.4 Å². The standard InChI is InChI=1S/C13H10N2S2/c1-3-8-14-11(5-1)13(7-10-16-17-13)12-6-2-4-9-15-12/h1-10H. The van der Waals surface area contributed by atoms with Crippen molar-refractivity contribution in [2.75, 3.05) is 0 Å². The predicted octanol–water partition coefficient (Wildman–Crippen LogP) is 3.63. The van der Waals surface area contributed by atoms with Gasteiger partial charge in [0.05, 0.1) is 11.4 Å². The van der Waals surface area contributed by atoms with Crippen molar-refractivity contribution in [1.29, 1.82) is 0 Å². The van der Waals surface area contributed by atoms with Crippen molar-refractivity contribution in [1.82, 2.24) is 9.97 Å². The van der Waals surface area contributed by atoms with Crippen LogP contribution in [-0.4, -0.2) is 9.97 Å². The van der Waals surface area contributed by atoms with Crippen LogP contribution in [0.1, 0.15) is 11.4 Å². The fourth-order valence-electron chi connectivity index (χ4n) is 1.81. The van der Waals surface area contributed by atoms with Crippen molar-refractivity contribution in [3.8, 4) is 0 Å². The molecule has 0 saturated carbocycles. The van der Waals surface area contributed by atoms with Crippen molar-refractivity contribution >= 4 is 21.6 Å². The molecule has 0 aliphatic carbocycles. The zero-order valence-corrected chi connectivity index (χ0v) is 10.6. The fourth-order valence-corrected chi connectivity index (χ4v) is 4.36. The molecular formula is C13H10N2S2. The lowest BCUT2D eigenvalue weighted by atomic mass is 9.99. The van der Waals surface area contributed by atoms with E-state index in [4.69, 9.17) is 0 Å². The lowest BCUT2D eigenvalue weighted by Crippen LogP contribution is -2.21. The van der Waals surface area contributed by atoms with E-state index in [1.54, 1.807) is 21.6 Å². The van der Waals surface area contributed by atoms with Crippen LogP contribution >= 0.6 is 21.6 Å². The fraction of sp³-hybridized carbons (Fsp3) is 0.0769. The molecule has 0 spiro atoms. The Morgan fingerprint density at radius 2 is 1.53 bits per heavy atom. The maximum Gasteiger partial charge on any atom is 0.129 e. The Hall–Kier alpha value is -1.26. The van der Waals surface area contributed by atoms with Gasteiger partial charge >= 0.3 is 0 Å². The molecule has 3 heterocycles. The van der Waals surface area contributed by atoms with Crippen LogP contribution in [0, 0.1) is 0 Å². The Bertz CT molecular complexity index is 486. The van der Waals surface area contributed by atoms with Gasteiger partial charge in [-0.1, -0.05) is 33.7 Å². The summed E-state index contributed by atoms with van der Waals surface area (Å²) in [6, 6.07) is 12.0. The first-order chi connectivity index (χ1) is 8.42. The minimum absolute atomic E-state index is 0.243. The molecule has 84 valence electrons. The smallest absolute Gasteiger partial charge is 0.129 e. The Morgan fingerprint density at radius 1 is 0.882 bits per heavy atom. The predicted molar refractivity (Wildman–Crippen MR) is 73.6 cm³/mol. The molecule has 0 aromatic carbocycles. The van der Waals surface area contributed by atoms with Gasteiger partial charge in [-0.2, -0.15) is 0 Å². The molecule has 0 N–H and O–H groups in total. The maximum absolute atomic E-state index is 4.48. The number of nitrogens with zero attached hydrogens (tertiary/aromatic N) is 2. The summed E-state index contributed by atoms with van der Waals surface area (Å²) in [5, 5.41) is 2.11. The van der Waals surface area contributed by atoms with E-state index < -0.39 is 0 Å². The van der Waals surface area contributed by atoms with Crippen LogP contribution in [0.5, 0.6) is 0 Å². The molecule has 1 aliphatic rings. The highest BCUT2D eigenvalue weighted by atomic mass is 33.1. The van der Waals surface area contributed by atoms with Crippen molar-refractivity contribution in [3.63, 3.8) is 0 Å². The summed E-state index contributed by atoms with van der Waals surface area (Å²) in [6.45, 7) is 0. The van der Waals surface area contributed by atoms with E-state index in [2.05, 4.69) is 33.6 Å². The van der Waals surface area contributed by atoms with E-state index in [1.807, 2.05) is 36.7 Å². The van der Waals surface area contributed by atoms with Crippen LogP contribution in [0.3, 0.4) is 0 Å². The van der Waals surface area contributed by atoms with Gasteiger partial charge in [-0.15, -0.1) is 0 Å². The Labute approximate surface area is 108 Å². The number of pyridine rings is 2. The first-order valence-corrected chi connectivity index (χ1v) is 7.48. The molecule has 4 heteroatoms. The van der Waals surface area contributed by atoms with Gasteiger partial charge in [0.1, 0.15) is 4.75 Å². The first kappa shape index (κ1) is 10.9. The normalized spacial score (nSPS) is 17.2. The summed E-state index contributed by atoms with van der Waals surface area (Å²) in [7, 11) is 3.50. The summed E-state index contributed by atoms with van der Waals surface area (Å²) in [5.41, 5.74) is 2.06. The van der Waals surface area contributed by atoms with E-state index in [-0.39, 0.29) is 4.75 Å². The molecule has 2 nitrogen and oxygen atoms in total. The second-order valence-corrected chi connectivity index (χ2v) is 6.00. The molecular weight excluding hydrogens is 248 g/mol. The average Bonchev–Trinajstić information content (AvgIpc) is 2.91. The summed E-state index contributed by atoms with van der Waals surface area (Å²) in [4.78, 5) is 8.97. The van der Waals surface area contributed by atoms with Gasteiger partial charge in [0.25, 0.3) is 0 Å². The Morgan fingerprint density at radius 3 is 1.94 bits per heavy atom. The molecule has 0 amide bonds. The van der Waals surface area contributed by atoms with Crippen LogP contribution < -0.4 is 0 Å². The minimum Gasteiger partial charge on any atom is -0.259 e.